The number of halogens is 2. The van der Waals surface area contributed by atoms with Crippen LogP contribution in [0.4, 0.5) is 10.3 Å². The number of hydrogen-bond donors (Lipinski definition) is 2. The molecule has 2 N–H and O–H groups in total. The van der Waals surface area contributed by atoms with Crippen molar-refractivity contribution in [2.75, 3.05) is 11.9 Å². The van der Waals surface area contributed by atoms with Crippen LogP contribution in [-0.2, 0) is 4.79 Å². The van der Waals surface area contributed by atoms with Gasteiger partial charge in [0.25, 0.3) is 0 Å². The van der Waals surface area contributed by atoms with Gasteiger partial charge in [-0.15, -0.1) is 0 Å². The number of hydrogen-bond acceptors (Lipinski definition) is 5. The van der Waals surface area contributed by atoms with Gasteiger partial charge in [-0.2, -0.15) is 0 Å². The predicted octanol–water partition coefficient (Wildman–Crippen LogP) is 3.68. The van der Waals surface area contributed by atoms with Crippen molar-refractivity contribution in [1.29, 1.82) is 0 Å². The Morgan fingerprint density at radius 3 is 2.73 bits per heavy atom. The molecule has 1 unspecified atom stereocenters. The minimum Gasteiger partial charge on any atom is -0.355 e. The highest BCUT2D eigenvalue weighted by molar-refractivity contribution is 6.30. The predicted molar refractivity (Wildman–Crippen MR) is 112 cm³/mol. The van der Waals surface area contributed by atoms with Crippen molar-refractivity contribution in [2.45, 2.75) is 32.0 Å². The van der Waals surface area contributed by atoms with E-state index in [-0.39, 0.29) is 11.9 Å². The van der Waals surface area contributed by atoms with Gasteiger partial charge in [0.1, 0.15) is 6.17 Å². The fourth-order valence-corrected chi connectivity index (χ4v) is 3.75. The number of anilines is 1. The van der Waals surface area contributed by atoms with E-state index in [0.29, 0.717) is 23.2 Å². The van der Waals surface area contributed by atoms with Gasteiger partial charge in [0.2, 0.25) is 11.9 Å². The molecule has 4 atom stereocenters. The molecule has 7 nitrogen and oxygen atoms in total. The summed E-state index contributed by atoms with van der Waals surface area (Å²) in [7, 11) is 0. The monoisotopic (exact) mass is 428 g/mol. The first-order valence-electron chi connectivity index (χ1n) is 9.73. The van der Waals surface area contributed by atoms with Crippen LogP contribution in [0.1, 0.15) is 37.2 Å². The van der Waals surface area contributed by atoms with Crippen LogP contribution in [-0.4, -0.2) is 38.1 Å². The van der Waals surface area contributed by atoms with Crippen molar-refractivity contribution in [3.63, 3.8) is 0 Å². The lowest BCUT2D eigenvalue weighted by Gasteiger charge is -2.18. The Hall–Kier alpha value is -3.00. The zero-order chi connectivity index (χ0) is 21.3. The summed E-state index contributed by atoms with van der Waals surface area (Å²) in [5.41, 5.74) is 2.26. The number of imidazole rings is 1. The molecule has 3 aromatic rings. The van der Waals surface area contributed by atoms with Crippen molar-refractivity contribution in [3.05, 3.63) is 65.5 Å². The number of amides is 1. The van der Waals surface area contributed by atoms with E-state index in [9.17, 15) is 9.18 Å². The number of carbonyl (C=O) groups is 1. The minimum absolute atomic E-state index is 0.179. The lowest BCUT2D eigenvalue weighted by atomic mass is 9.89. The number of nitrogens with zero attached hydrogens (tertiary/aromatic N) is 4. The summed E-state index contributed by atoms with van der Waals surface area (Å²) >= 11 is 5.95. The standard InChI is InChI=1S/C21H22ClFN6O/c1-12(23)16-9-25-20(30)19(16)17-7-8-24-21(28-17)27-13(2)18-10-29(11-26-18)15-5-3-14(22)4-6-15/h3-8,10-13,16,19H,9H2,1-2H3,(H,25,30)(H,24,27,28)/t12-,13+,16?,19-/m1/s1. The lowest BCUT2D eigenvalue weighted by Crippen LogP contribution is -2.23. The van der Waals surface area contributed by atoms with Crippen LogP contribution in [0.5, 0.6) is 0 Å². The van der Waals surface area contributed by atoms with E-state index in [1.807, 2.05) is 42.0 Å². The first-order chi connectivity index (χ1) is 14.4. The highest BCUT2D eigenvalue weighted by Gasteiger charge is 2.40. The molecule has 1 aliphatic rings. The van der Waals surface area contributed by atoms with E-state index in [0.717, 1.165) is 11.4 Å². The van der Waals surface area contributed by atoms with E-state index >= 15 is 0 Å². The SMILES string of the molecule is C[C@H](Nc1nccc([C@@H]2C(=O)NCC2[C@@H](C)F)n1)c1cn(-c2ccc(Cl)cc2)cn1. The Bertz CT molecular complexity index is 1040. The molecule has 3 heterocycles. The maximum absolute atomic E-state index is 13.9. The summed E-state index contributed by atoms with van der Waals surface area (Å²) in [6, 6.07) is 8.95. The fraction of sp³-hybridized carbons (Fsp3) is 0.333. The topological polar surface area (TPSA) is 84.7 Å². The summed E-state index contributed by atoms with van der Waals surface area (Å²) in [6.07, 6.45) is 4.10. The second-order valence-corrected chi connectivity index (χ2v) is 7.85. The van der Waals surface area contributed by atoms with Gasteiger partial charge >= 0.3 is 0 Å². The highest BCUT2D eigenvalue weighted by Crippen LogP contribution is 2.32. The van der Waals surface area contributed by atoms with Crippen LogP contribution in [0.3, 0.4) is 0 Å². The zero-order valence-electron chi connectivity index (χ0n) is 16.6. The van der Waals surface area contributed by atoms with Crippen molar-refractivity contribution >= 4 is 23.5 Å². The zero-order valence-corrected chi connectivity index (χ0v) is 17.3. The minimum atomic E-state index is -1.11. The van der Waals surface area contributed by atoms with Crippen LogP contribution in [0, 0.1) is 5.92 Å². The third-order valence-corrected chi connectivity index (χ3v) is 5.58. The van der Waals surface area contributed by atoms with Crippen LogP contribution in [0.15, 0.2) is 49.1 Å². The van der Waals surface area contributed by atoms with Crippen LogP contribution >= 0.6 is 11.6 Å². The first-order valence-corrected chi connectivity index (χ1v) is 10.1. The molecule has 0 bridgehead atoms. The average Bonchev–Trinajstić information content (AvgIpc) is 3.36. The van der Waals surface area contributed by atoms with Crippen molar-refractivity contribution < 1.29 is 9.18 Å². The Labute approximate surface area is 178 Å². The normalized spacial score (nSPS) is 20.6. The summed E-state index contributed by atoms with van der Waals surface area (Å²) in [5.74, 6) is -0.893. The summed E-state index contributed by atoms with van der Waals surface area (Å²) < 4.78 is 15.8. The number of rotatable bonds is 6. The molecule has 2 aromatic heterocycles. The van der Waals surface area contributed by atoms with Crippen molar-refractivity contribution in [1.82, 2.24) is 24.8 Å². The number of carbonyl (C=O) groups excluding carboxylic acids is 1. The van der Waals surface area contributed by atoms with E-state index in [4.69, 9.17) is 11.6 Å². The molecule has 1 aromatic carbocycles. The van der Waals surface area contributed by atoms with Crippen LogP contribution < -0.4 is 10.6 Å². The second kappa shape index (κ2) is 8.39. The largest absolute Gasteiger partial charge is 0.355 e. The molecule has 0 radical (unpaired) electrons. The molecule has 9 heteroatoms. The Kier molecular flexibility index (Phi) is 5.67. The molecule has 1 amide bonds. The third-order valence-electron chi connectivity index (χ3n) is 5.32. The molecule has 1 fully saturated rings. The van der Waals surface area contributed by atoms with Crippen molar-refractivity contribution in [3.8, 4) is 5.69 Å². The van der Waals surface area contributed by atoms with Gasteiger partial charge in [-0.05, 0) is 44.2 Å². The molecule has 0 spiro atoms. The van der Waals surface area contributed by atoms with E-state index in [2.05, 4.69) is 25.6 Å². The molecule has 1 saturated heterocycles. The summed E-state index contributed by atoms with van der Waals surface area (Å²) in [6.45, 7) is 3.73. The molecule has 0 saturated carbocycles. The van der Waals surface area contributed by atoms with Gasteiger partial charge in [-0.25, -0.2) is 19.3 Å². The maximum Gasteiger partial charge on any atom is 0.229 e. The van der Waals surface area contributed by atoms with Gasteiger partial charge in [0, 0.05) is 35.6 Å². The number of benzene rings is 1. The Morgan fingerprint density at radius 2 is 2.00 bits per heavy atom. The Morgan fingerprint density at radius 1 is 1.23 bits per heavy atom. The molecule has 30 heavy (non-hydrogen) atoms. The maximum atomic E-state index is 13.9. The van der Waals surface area contributed by atoms with Gasteiger partial charge in [0.05, 0.1) is 29.7 Å². The fourth-order valence-electron chi connectivity index (χ4n) is 3.62. The molecule has 0 aliphatic carbocycles. The average molecular weight is 429 g/mol. The molecule has 4 rings (SSSR count). The van der Waals surface area contributed by atoms with E-state index in [1.54, 1.807) is 18.6 Å². The smallest absolute Gasteiger partial charge is 0.229 e. The van der Waals surface area contributed by atoms with E-state index < -0.39 is 18.0 Å². The van der Waals surface area contributed by atoms with Crippen molar-refractivity contribution in [2.24, 2.45) is 5.92 Å². The number of nitrogens with one attached hydrogen (secondary N) is 2. The van der Waals surface area contributed by atoms with E-state index in [1.165, 1.54) is 6.92 Å². The third kappa shape index (κ3) is 4.14. The molecular formula is C21H22ClFN6O. The van der Waals surface area contributed by atoms with Crippen LogP contribution in [0.2, 0.25) is 5.02 Å². The second-order valence-electron chi connectivity index (χ2n) is 7.42. The Balaban J connectivity index is 1.50. The quantitative estimate of drug-likeness (QED) is 0.625. The first kappa shape index (κ1) is 20.3. The van der Waals surface area contributed by atoms with Gasteiger partial charge in [0.15, 0.2) is 0 Å². The van der Waals surface area contributed by atoms with Crippen LogP contribution in [0.25, 0.3) is 5.69 Å². The highest BCUT2D eigenvalue weighted by atomic mass is 35.5. The van der Waals surface area contributed by atoms with Gasteiger partial charge in [-0.1, -0.05) is 11.6 Å². The van der Waals surface area contributed by atoms with Gasteiger partial charge in [-0.3, -0.25) is 4.79 Å². The molecule has 1 aliphatic heterocycles. The molecular weight excluding hydrogens is 407 g/mol. The lowest BCUT2D eigenvalue weighted by molar-refractivity contribution is -0.121. The molecule has 156 valence electrons. The summed E-state index contributed by atoms with van der Waals surface area (Å²) in [4.78, 5) is 25.4. The summed E-state index contributed by atoms with van der Waals surface area (Å²) in [5, 5.41) is 6.61. The van der Waals surface area contributed by atoms with Gasteiger partial charge < -0.3 is 15.2 Å². The number of alkyl halides is 1. The number of aromatic nitrogens is 4.